The molecule has 0 aliphatic carbocycles. The SMILES string of the molecule is CCc1cc(C#N)c2sccc2c1N. The summed E-state index contributed by atoms with van der Waals surface area (Å²) in [7, 11) is 0. The third kappa shape index (κ3) is 1.16. The second-order valence-electron chi connectivity index (χ2n) is 3.13. The van der Waals surface area contributed by atoms with Gasteiger partial charge < -0.3 is 5.73 Å². The molecule has 0 atom stereocenters. The van der Waals surface area contributed by atoms with Crippen LogP contribution >= 0.6 is 11.3 Å². The number of thiophene rings is 1. The van der Waals surface area contributed by atoms with Gasteiger partial charge in [0.2, 0.25) is 0 Å². The number of nitrogen functional groups attached to an aromatic ring is 1. The molecule has 0 bridgehead atoms. The summed E-state index contributed by atoms with van der Waals surface area (Å²) in [6.45, 7) is 2.05. The van der Waals surface area contributed by atoms with Crippen LogP contribution in [0.5, 0.6) is 0 Å². The van der Waals surface area contributed by atoms with Crippen molar-refractivity contribution in [3.8, 4) is 6.07 Å². The average molecular weight is 202 g/mol. The van der Waals surface area contributed by atoms with Crippen molar-refractivity contribution in [1.29, 1.82) is 5.26 Å². The van der Waals surface area contributed by atoms with E-state index in [2.05, 4.69) is 6.07 Å². The molecule has 2 nitrogen and oxygen atoms in total. The average Bonchev–Trinajstić information content (AvgIpc) is 2.68. The largest absolute Gasteiger partial charge is 0.398 e. The van der Waals surface area contributed by atoms with Crippen molar-refractivity contribution in [2.24, 2.45) is 0 Å². The smallest absolute Gasteiger partial charge is 0.101 e. The highest BCUT2D eigenvalue weighted by atomic mass is 32.1. The molecule has 0 amide bonds. The van der Waals surface area contributed by atoms with Crippen LogP contribution in [0.25, 0.3) is 10.1 Å². The van der Waals surface area contributed by atoms with Gasteiger partial charge >= 0.3 is 0 Å². The Hall–Kier alpha value is -1.53. The van der Waals surface area contributed by atoms with Gasteiger partial charge in [0, 0.05) is 11.1 Å². The van der Waals surface area contributed by atoms with Crippen molar-refractivity contribution in [3.05, 3.63) is 28.6 Å². The first kappa shape index (κ1) is 9.04. The first-order valence-electron chi connectivity index (χ1n) is 4.46. The van der Waals surface area contributed by atoms with E-state index < -0.39 is 0 Å². The maximum atomic E-state index is 8.98. The summed E-state index contributed by atoms with van der Waals surface area (Å²) < 4.78 is 1.00. The van der Waals surface area contributed by atoms with Gasteiger partial charge in [0.05, 0.1) is 10.3 Å². The molecule has 0 spiro atoms. The number of nitrogens with two attached hydrogens (primary N) is 1. The molecule has 1 heterocycles. The number of aryl methyl sites for hydroxylation is 1. The first-order valence-corrected chi connectivity index (χ1v) is 5.34. The van der Waals surface area contributed by atoms with E-state index in [0.29, 0.717) is 0 Å². The minimum Gasteiger partial charge on any atom is -0.398 e. The van der Waals surface area contributed by atoms with Crippen molar-refractivity contribution in [2.45, 2.75) is 13.3 Å². The monoisotopic (exact) mass is 202 g/mol. The molecule has 0 aliphatic rings. The van der Waals surface area contributed by atoms with E-state index in [4.69, 9.17) is 11.0 Å². The zero-order valence-electron chi connectivity index (χ0n) is 7.87. The van der Waals surface area contributed by atoms with Crippen molar-refractivity contribution in [1.82, 2.24) is 0 Å². The standard InChI is InChI=1S/C11H10N2S/c1-2-7-5-8(6-12)11-9(10(7)13)3-4-14-11/h3-5H,2,13H2,1H3. The van der Waals surface area contributed by atoms with Gasteiger partial charge in [-0.2, -0.15) is 5.26 Å². The molecular weight excluding hydrogens is 192 g/mol. The molecule has 3 heteroatoms. The van der Waals surface area contributed by atoms with Crippen LogP contribution in [-0.2, 0) is 6.42 Å². The van der Waals surface area contributed by atoms with Crippen molar-refractivity contribution in [2.75, 3.05) is 5.73 Å². The molecule has 0 fully saturated rings. The number of fused-ring (bicyclic) bond motifs is 1. The van der Waals surface area contributed by atoms with Crippen LogP contribution in [0.15, 0.2) is 17.5 Å². The molecular formula is C11H10N2S. The number of rotatable bonds is 1. The summed E-state index contributed by atoms with van der Waals surface area (Å²) in [5.41, 5.74) is 8.62. The molecule has 0 saturated carbocycles. The van der Waals surface area contributed by atoms with Crippen molar-refractivity contribution >= 4 is 27.1 Å². The highest BCUT2D eigenvalue weighted by Crippen LogP contribution is 2.32. The second kappa shape index (κ2) is 3.32. The van der Waals surface area contributed by atoms with E-state index in [9.17, 15) is 0 Å². The summed E-state index contributed by atoms with van der Waals surface area (Å²) in [5, 5.41) is 12.0. The molecule has 2 aromatic rings. The minimum absolute atomic E-state index is 0.737. The van der Waals surface area contributed by atoms with Gasteiger partial charge in [-0.25, -0.2) is 0 Å². The molecule has 14 heavy (non-hydrogen) atoms. The molecule has 70 valence electrons. The molecule has 0 aliphatic heterocycles. The van der Waals surface area contributed by atoms with Crippen LogP contribution in [0.3, 0.4) is 0 Å². The maximum absolute atomic E-state index is 8.98. The molecule has 2 rings (SSSR count). The number of nitriles is 1. The van der Waals surface area contributed by atoms with Crippen molar-refractivity contribution in [3.63, 3.8) is 0 Å². The van der Waals surface area contributed by atoms with Crippen LogP contribution in [0.4, 0.5) is 5.69 Å². The van der Waals surface area contributed by atoms with E-state index >= 15 is 0 Å². The van der Waals surface area contributed by atoms with Crippen LogP contribution < -0.4 is 5.73 Å². The van der Waals surface area contributed by atoms with Crippen molar-refractivity contribution < 1.29 is 0 Å². The Morgan fingerprint density at radius 3 is 3.00 bits per heavy atom. The topological polar surface area (TPSA) is 49.8 Å². The van der Waals surface area contributed by atoms with Gasteiger partial charge in [0.15, 0.2) is 0 Å². The van der Waals surface area contributed by atoms with Gasteiger partial charge in [0.1, 0.15) is 6.07 Å². The molecule has 0 radical (unpaired) electrons. The highest BCUT2D eigenvalue weighted by molar-refractivity contribution is 7.17. The van der Waals surface area contributed by atoms with Crippen LogP contribution in [-0.4, -0.2) is 0 Å². The van der Waals surface area contributed by atoms with Gasteiger partial charge in [-0.15, -0.1) is 11.3 Å². The van der Waals surface area contributed by atoms with E-state index in [1.165, 1.54) is 0 Å². The third-order valence-corrected chi connectivity index (χ3v) is 3.31. The minimum atomic E-state index is 0.737. The fourth-order valence-corrected chi connectivity index (χ4v) is 2.47. The van der Waals surface area contributed by atoms with E-state index in [0.717, 1.165) is 33.3 Å². The first-order chi connectivity index (χ1) is 6.77. The van der Waals surface area contributed by atoms with Gasteiger partial charge in [-0.05, 0) is 29.5 Å². The molecule has 1 aromatic carbocycles. The van der Waals surface area contributed by atoms with E-state index in [1.807, 2.05) is 24.4 Å². The van der Waals surface area contributed by atoms with Gasteiger partial charge in [-0.1, -0.05) is 6.92 Å². The van der Waals surface area contributed by atoms with E-state index in [-0.39, 0.29) is 0 Å². The lowest BCUT2D eigenvalue weighted by Crippen LogP contribution is -1.94. The Balaban J connectivity index is 2.89. The zero-order valence-corrected chi connectivity index (χ0v) is 8.69. The Labute approximate surface area is 86.6 Å². The lowest BCUT2D eigenvalue weighted by atomic mass is 10.0. The summed E-state index contributed by atoms with van der Waals surface area (Å²) in [4.78, 5) is 0. The molecule has 0 saturated heterocycles. The normalized spacial score (nSPS) is 10.3. The Morgan fingerprint density at radius 2 is 2.36 bits per heavy atom. The predicted octanol–water partition coefficient (Wildman–Crippen LogP) is 2.92. The summed E-state index contributed by atoms with van der Waals surface area (Å²) in [6.07, 6.45) is 0.867. The fraction of sp³-hybridized carbons (Fsp3) is 0.182. The third-order valence-electron chi connectivity index (χ3n) is 2.37. The predicted molar refractivity (Wildman–Crippen MR) is 60.3 cm³/mol. The lowest BCUT2D eigenvalue weighted by Gasteiger charge is -2.05. The summed E-state index contributed by atoms with van der Waals surface area (Å²) in [5.74, 6) is 0. The fourth-order valence-electron chi connectivity index (χ4n) is 1.60. The zero-order chi connectivity index (χ0) is 10.1. The van der Waals surface area contributed by atoms with E-state index in [1.54, 1.807) is 11.3 Å². The number of nitrogens with zero attached hydrogens (tertiary/aromatic N) is 1. The highest BCUT2D eigenvalue weighted by Gasteiger charge is 2.09. The van der Waals surface area contributed by atoms with Crippen LogP contribution in [0.2, 0.25) is 0 Å². The van der Waals surface area contributed by atoms with Gasteiger partial charge in [-0.3, -0.25) is 0 Å². The summed E-state index contributed by atoms with van der Waals surface area (Å²) >= 11 is 1.57. The quantitative estimate of drug-likeness (QED) is 0.723. The summed E-state index contributed by atoms with van der Waals surface area (Å²) in [6, 6.07) is 6.09. The van der Waals surface area contributed by atoms with Crippen LogP contribution in [0.1, 0.15) is 18.1 Å². The number of hydrogen-bond acceptors (Lipinski definition) is 3. The Morgan fingerprint density at radius 1 is 1.57 bits per heavy atom. The van der Waals surface area contributed by atoms with Gasteiger partial charge in [0.25, 0.3) is 0 Å². The number of hydrogen-bond donors (Lipinski definition) is 1. The molecule has 0 unspecified atom stereocenters. The Kier molecular flexibility index (Phi) is 2.14. The molecule has 1 aromatic heterocycles. The Bertz CT molecular complexity index is 520. The molecule has 2 N–H and O–H groups in total. The number of benzene rings is 1. The maximum Gasteiger partial charge on any atom is 0.101 e. The lowest BCUT2D eigenvalue weighted by molar-refractivity contribution is 1.15. The van der Waals surface area contributed by atoms with Crippen LogP contribution in [0, 0.1) is 11.3 Å². The second-order valence-corrected chi connectivity index (χ2v) is 4.04. The number of anilines is 1.